The molecule has 42 heavy (non-hydrogen) atoms. The molecule has 0 aliphatic carbocycles. The van der Waals surface area contributed by atoms with Crippen molar-refractivity contribution < 1.29 is 14.4 Å². The summed E-state index contributed by atoms with van der Waals surface area (Å²) in [7, 11) is 0. The second-order valence-electron chi connectivity index (χ2n) is 10.9. The zero-order chi connectivity index (χ0) is 29.3. The van der Waals surface area contributed by atoms with Crippen molar-refractivity contribution in [3.8, 4) is 11.3 Å². The van der Waals surface area contributed by atoms with Crippen molar-refractivity contribution in [1.82, 2.24) is 20.6 Å². The summed E-state index contributed by atoms with van der Waals surface area (Å²) in [5.41, 5.74) is 6.25. The Morgan fingerprint density at radius 3 is 2.31 bits per heavy atom. The van der Waals surface area contributed by atoms with Gasteiger partial charge in [0.2, 0.25) is 11.8 Å². The van der Waals surface area contributed by atoms with Gasteiger partial charge >= 0.3 is 0 Å². The van der Waals surface area contributed by atoms with Crippen molar-refractivity contribution >= 4 is 39.4 Å². The summed E-state index contributed by atoms with van der Waals surface area (Å²) in [6.45, 7) is 2.04. The number of ketones is 1. The highest BCUT2D eigenvalue weighted by atomic mass is 16.2. The quantitative estimate of drug-likeness (QED) is 0.120. The van der Waals surface area contributed by atoms with Crippen LogP contribution >= 0.6 is 0 Å². The Morgan fingerprint density at radius 2 is 1.52 bits per heavy atom. The fourth-order valence-corrected chi connectivity index (χ4v) is 5.61. The summed E-state index contributed by atoms with van der Waals surface area (Å²) >= 11 is 0. The Hall–Kier alpha value is -4.65. The largest absolute Gasteiger partial charge is 0.361 e. The van der Waals surface area contributed by atoms with Gasteiger partial charge in [-0.15, -0.1) is 0 Å². The van der Waals surface area contributed by atoms with Crippen molar-refractivity contribution in [1.29, 1.82) is 0 Å². The normalized spacial score (nSPS) is 11.9. The van der Waals surface area contributed by atoms with E-state index in [1.54, 1.807) is 6.92 Å². The maximum absolute atomic E-state index is 13.4. The number of benzene rings is 3. The summed E-state index contributed by atoms with van der Waals surface area (Å²) < 4.78 is 0. The number of H-pyrrole nitrogens is 2. The average molecular weight is 563 g/mol. The minimum atomic E-state index is -0.642. The first-order valence-corrected chi connectivity index (χ1v) is 14.8. The molecule has 0 bridgehead atoms. The molecular formula is C35H38N4O3. The first-order chi connectivity index (χ1) is 20.5. The summed E-state index contributed by atoms with van der Waals surface area (Å²) in [6.07, 6.45) is 6.12. The van der Waals surface area contributed by atoms with Gasteiger partial charge in [0, 0.05) is 46.7 Å². The predicted octanol–water partition coefficient (Wildman–Crippen LogP) is 6.24. The lowest BCUT2D eigenvalue weighted by molar-refractivity contribution is -0.128. The second kappa shape index (κ2) is 13.8. The van der Waals surface area contributed by atoms with Gasteiger partial charge in [-0.2, -0.15) is 0 Å². The average Bonchev–Trinajstić information content (AvgIpc) is 3.58. The molecule has 4 N–H and O–H groups in total. The molecule has 0 saturated carbocycles. The molecule has 5 rings (SSSR count). The number of carbonyl (C=O) groups is 3. The van der Waals surface area contributed by atoms with E-state index in [0.717, 1.165) is 63.5 Å². The number of hydrogen-bond acceptors (Lipinski definition) is 3. The SMILES string of the molecule is CC(=O)CCCCC[C@H](NC(=O)Cc1c[nH]c2ccccc12)C(=O)NCCc1c(-c2ccccc2)[nH]c2ccccc12. The third-order valence-electron chi connectivity index (χ3n) is 7.75. The number of rotatable bonds is 14. The maximum atomic E-state index is 13.4. The van der Waals surface area contributed by atoms with Gasteiger partial charge in [-0.05, 0) is 55.0 Å². The molecule has 7 nitrogen and oxygen atoms in total. The Morgan fingerprint density at radius 1 is 0.810 bits per heavy atom. The summed E-state index contributed by atoms with van der Waals surface area (Å²) in [4.78, 5) is 44.6. The van der Waals surface area contributed by atoms with Gasteiger partial charge in [0.1, 0.15) is 11.8 Å². The number of fused-ring (bicyclic) bond motifs is 2. The van der Waals surface area contributed by atoms with Gasteiger partial charge in [0.05, 0.1) is 6.42 Å². The molecule has 5 aromatic rings. The molecule has 0 aliphatic heterocycles. The van der Waals surface area contributed by atoms with Crippen molar-refractivity contribution in [3.63, 3.8) is 0 Å². The molecule has 3 aromatic carbocycles. The number of para-hydroxylation sites is 2. The summed E-state index contributed by atoms with van der Waals surface area (Å²) in [5, 5.41) is 8.23. The van der Waals surface area contributed by atoms with E-state index in [-0.39, 0.29) is 24.0 Å². The number of aromatic nitrogens is 2. The lowest BCUT2D eigenvalue weighted by atomic mass is 10.0. The smallest absolute Gasteiger partial charge is 0.242 e. The molecule has 1 atom stereocenters. The minimum absolute atomic E-state index is 0.170. The molecule has 0 aliphatic rings. The molecule has 2 aromatic heterocycles. The van der Waals surface area contributed by atoms with Crippen LogP contribution in [0.2, 0.25) is 0 Å². The zero-order valence-corrected chi connectivity index (χ0v) is 24.0. The third kappa shape index (κ3) is 7.16. The number of amides is 2. The topological polar surface area (TPSA) is 107 Å². The lowest BCUT2D eigenvalue weighted by Crippen LogP contribution is -2.47. The van der Waals surface area contributed by atoms with Crippen LogP contribution in [0.25, 0.3) is 33.1 Å². The van der Waals surface area contributed by atoms with Gasteiger partial charge in [-0.3, -0.25) is 9.59 Å². The fraction of sp³-hybridized carbons (Fsp3) is 0.286. The van der Waals surface area contributed by atoms with E-state index in [1.165, 1.54) is 0 Å². The van der Waals surface area contributed by atoms with Crippen molar-refractivity contribution in [2.75, 3.05) is 6.54 Å². The zero-order valence-electron chi connectivity index (χ0n) is 24.0. The number of nitrogens with one attached hydrogen (secondary N) is 4. The third-order valence-corrected chi connectivity index (χ3v) is 7.75. The van der Waals surface area contributed by atoms with Crippen LogP contribution in [0.4, 0.5) is 0 Å². The van der Waals surface area contributed by atoms with Crippen LogP contribution in [0.1, 0.15) is 50.2 Å². The van der Waals surface area contributed by atoms with E-state index in [1.807, 2.05) is 60.8 Å². The molecule has 0 fully saturated rings. The second-order valence-corrected chi connectivity index (χ2v) is 10.9. The summed E-state index contributed by atoms with van der Waals surface area (Å²) in [5.74, 6) is -0.204. The number of unbranched alkanes of at least 4 members (excludes halogenated alkanes) is 2. The molecule has 0 unspecified atom stereocenters. The first-order valence-electron chi connectivity index (χ1n) is 14.8. The van der Waals surface area contributed by atoms with Crippen LogP contribution in [0.3, 0.4) is 0 Å². The van der Waals surface area contributed by atoms with E-state index < -0.39 is 6.04 Å². The predicted molar refractivity (Wildman–Crippen MR) is 168 cm³/mol. The minimum Gasteiger partial charge on any atom is -0.361 e. The van der Waals surface area contributed by atoms with Gasteiger partial charge in [-0.1, -0.05) is 79.6 Å². The summed E-state index contributed by atoms with van der Waals surface area (Å²) in [6, 6.07) is 25.6. The molecule has 7 heteroatoms. The van der Waals surface area contributed by atoms with E-state index in [2.05, 4.69) is 44.9 Å². The first kappa shape index (κ1) is 28.9. The standard InChI is InChI=1S/C35H38N4O3/c1-24(40)12-4-2-7-19-32(38-33(41)22-26-23-37-30-17-10-8-15-27(26)30)35(42)36-21-20-29-28-16-9-11-18-31(28)39-34(29)25-13-5-3-6-14-25/h3,5-6,8-11,13-18,23,32,37,39H,2,4,7,12,19-22H2,1H3,(H,36,42)(H,38,41)/t32-/m0/s1. The van der Waals surface area contributed by atoms with Gasteiger partial charge in [0.25, 0.3) is 0 Å². The van der Waals surface area contributed by atoms with Crippen LogP contribution < -0.4 is 10.6 Å². The Bertz CT molecular complexity index is 1670. The lowest BCUT2D eigenvalue weighted by Gasteiger charge is -2.19. The maximum Gasteiger partial charge on any atom is 0.242 e. The van der Waals surface area contributed by atoms with Crippen LogP contribution in [0.5, 0.6) is 0 Å². The van der Waals surface area contributed by atoms with Gasteiger partial charge < -0.3 is 25.4 Å². The fourth-order valence-electron chi connectivity index (χ4n) is 5.61. The monoisotopic (exact) mass is 562 g/mol. The molecule has 0 spiro atoms. The van der Waals surface area contributed by atoms with E-state index >= 15 is 0 Å². The van der Waals surface area contributed by atoms with Crippen molar-refractivity contribution in [2.24, 2.45) is 0 Å². The van der Waals surface area contributed by atoms with Crippen LogP contribution in [0.15, 0.2) is 85.1 Å². The Labute approximate surface area is 246 Å². The number of aromatic amines is 2. The highest BCUT2D eigenvalue weighted by Gasteiger charge is 2.22. The van der Waals surface area contributed by atoms with Crippen LogP contribution in [-0.2, 0) is 27.2 Å². The van der Waals surface area contributed by atoms with E-state index in [0.29, 0.717) is 25.8 Å². The van der Waals surface area contributed by atoms with Crippen molar-refractivity contribution in [2.45, 2.75) is 57.9 Å². The van der Waals surface area contributed by atoms with Gasteiger partial charge in [0.15, 0.2) is 0 Å². The van der Waals surface area contributed by atoms with Gasteiger partial charge in [-0.25, -0.2) is 0 Å². The number of hydrogen-bond donors (Lipinski definition) is 4. The molecule has 0 radical (unpaired) electrons. The number of carbonyl (C=O) groups excluding carboxylic acids is 3. The highest BCUT2D eigenvalue weighted by molar-refractivity contribution is 5.93. The molecule has 0 saturated heterocycles. The number of Topliss-reactive ketones (excluding diaryl/α,β-unsaturated/α-hetero) is 1. The highest BCUT2D eigenvalue weighted by Crippen LogP contribution is 2.30. The van der Waals surface area contributed by atoms with Crippen LogP contribution in [-0.4, -0.2) is 40.2 Å². The van der Waals surface area contributed by atoms with E-state index in [9.17, 15) is 14.4 Å². The van der Waals surface area contributed by atoms with E-state index in [4.69, 9.17) is 0 Å². The molecular weight excluding hydrogens is 524 g/mol. The Balaban J connectivity index is 1.25. The molecule has 2 amide bonds. The molecule has 2 heterocycles. The Kier molecular flexibility index (Phi) is 9.49. The van der Waals surface area contributed by atoms with Crippen molar-refractivity contribution in [3.05, 3.63) is 96.2 Å². The van der Waals surface area contributed by atoms with Crippen LogP contribution in [0, 0.1) is 0 Å². The molecule has 216 valence electrons.